The van der Waals surface area contributed by atoms with Crippen LogP contribution < -0.4 is 19.8 Å². The van der Waals surface area contributed by atoms with Crippen molar-refractivity contribution >= 4 is 39.6 Å². The summed E-state index contributed by atoms with van der Waals surface area (Å²) >= 11 is 3.37. The predicted molar refractivity (Wildman–Crippen MR) is 110 cm³/mol. The minimum absolute atomic E-state index is 0.0803. The van der Waals surface area contributed by atoms with Crippen LogP contribution in [0.5, 0.6) is 11.5 Å². The maximum Gasteiger partial charge on any atom is 0.245 e. The van der Waals surface area contributed by atoms with Crippen molar-refractivity contribution in [1.82, 2.24) is 5.43 Å². The molecule has 2 aromatic carbocycles. The normalized spacial score (nSPS) is 16.5. The van der Waals surface area contributed by atoms with E-state index in [0.29, 0.717) is 23.6 Å². The van der Waals surface area contributed by atoms with Gasteiger partial charge in [0.1, 0.15) is 11.5 Å². The molecule has 1 N–H and O–H groups in total. The van der Waals surface area contributed by atoms with Crippen LogP contribution >= 0.6 is 15.9 Å². The highest BCUT2D eigenvalue weighted by molar-refractivity contribution is 9.10. The fraction of sp³-hybridized carbons (Fsp3) is 0.250. The standard InChI is InChI=1S/C20H20BrN3O4/c1-27-17-8-3-13(18(10-17)28-2)11-22-23-20(26)14-9-19(25)24(12-14)16-6-4-15(21)5-7-16/h3-8,10-11,14H,9,12H2,1-2H3,(H,23,26)/b22-11-/t14-/m0/s1. The summed E-state index contributed by atoms with van der Waals surface area (Å²) in [6.07, 6.45) is 1.66. The first-order valence-electron chi connectivity index (χ1n) is 8.62. The number of nitrogens with one attached hydrogen (secondary N) is 1. The molecule has 0 aromatic heterocycles. The molecule has 0 saturated carbocycles. The van der Waals surface area contributed by atoms with Crippen LogP contribution in [0.1, 0.15) is 12.0 Å². The Hall–Kier alpha value is -2.87. The maximum atomic E-state index is 12.4. The number of ether oxygens (including phenoxy) is 2. The molecule has 2 amide bonds. The Balaban J connectivity index is 1.62. The van der Waals surface area contributed by atoms with Gasteiger partial charge in [0.15, 0.2) is 0 Å². The van der Waals surface area contributed by atoms with E-state index in [-0.39, 0.29) is 18.2 Å². The van der Waals surface area contributed by atoms with Gasteiger partial charge in [-0.25, -0.2) is 5.43 Å². The summed E-state index contributed by atoms with van der Waals surface area (Å²) < 4.78 is 11.4. The number of rotatable bonds is 6. The Labute approximate surface area is 171 Å². The summed E-state index contributed by atoms with van der Waals surface area (Å²) in [5.74, 6) is 0.413. The molecule has 0 radical (unpaired) electrons. The first-order valence-corrected chi connectivity index (χ1v) is 9.42. The molecule has 1 atom stereocenters. The van der Waals surface area contributed by atoms with Crippen molar-refractivity contribution in [1.29, 1.82) is 0 Å². The quantitative estimate of drug-likeness (QED) is 0.547. The van der Waals surface area contributed by atoms with Crippen LogP contribution in [0.15, 0.2) is 52.0 Å². The molecule has 0 aliphatic carbocycles. The fourth-order valence-electron chi connectivity index (χ4n) is 2.94. The van der Waals surface area contributed by atoms with Gasteiger partial charge in [-0.15, -0.1) is 0 Å². The molecule has 1 fully saturated rings. The van der Waals surface area contributed by atoms with Crippen LogP contribution in [0.2, 0.25) is 0 Å². The van der Waals surface area contributed by atoms with Crippen LogP contribution in [0.4, 0.5) is 5.69 Å². The van der Waals surface area contributed by atoms with E-state index in [4.69, 9.17) is 9.47 Å². The number of halogens is 1. The number of methoxy groups -OCH3 is 2. The van der Waals surface area contributed by atoms with E-state index in [0.717, 1.165) is 10.2 Å². The van der Waals surface area contributed by atoms with Crippen LogP contribution in [-0.2, 0) is 9.59 Å². The minimum Gasteiger partial charge on any atom is -0.497 e. The highest BCUT2D eigenvalue weighted by atomic mass is 79.9. The van der Waals surface area contributed by atoms with Crippen molar-refractivity contribution in [3.63, 3.8) is 0 Å². The Morgan fingerprint density at radius 2 is 1.96 bits per heavy atom. The van der Waals surface area contributed by atoms with Crippen molar-refractivity contribution < 1.29 is 19.1 Å². The number of carbonyl (C=O) groups excluding carboxylic acids is 2. The topological polar surface area (TPSA) is 80.2 Å². The van der Waals surface area contributed by atoms with E-state index in [1.807, 2.05) is 24.3 Å². The summed E-state index contributed by atoms with van der Waals surface area (Å²) in [4.78, 5) is 26.3. The number of benzene rings is 2. The van der Waals surface area contributed by atoms with Crippen LogP contribution in [0.25, 0.3) is 0 Å². The molecule has 7 nitrogen and oxygen atoms in total. The monoisotopic (exact) mass is 445 g/mol. The molecule has 1 saturated heterocycles. The second kappa shape index (κ2) is 8.88. The fourth-order valence-corrected chi connectivity index (χ4v) is 3.20. The zero-order chi connectivity index (χ0) is 20.1. The van der Waals surface area contributed by atoms with Crippen molar-refractivity contribution in [3.8, 4) is 11.5 Å². The average molecular weight is 446 g/mol. The van der Waals surface area contributed by atoms with Gasteiger partial charge < -0.3 is 14.4 Å². The van der Waals surface area contributed by atoms with Gasteiger partial charge in [0.2, 0.25) is 11.8 Å². The van der Waals surface area contributed by atoms with Gasteiger partial charge >= 0.3 is 0 Å². The molecular weight excluding hydrogens is 426 g/mol. The lowest BCUT2D eigenvalue weighted by Gasteiger charge is -2.16. The van der Waals surface area contributed by atoms with Crippen molar-refractivity contribution in [2.75, 3.05) is 25.7 Å². The lowest BCUT2D eigenvalue weighted by Crippen LogP contribution is -2.30. The third-order valence-corrected chi connectivity index (χ3v) is 4.98. The molecule has 0 bridgehead atoms. The van der Waals surface area contributed by atoms with E-state index in [1.54, 1.807) is 37.3 Å². The van der Waals surface area contributed by atoms with E-state index in [2.05, 4.69) is 26.5 Å². The SMILES string of the molecule is COc1ccc(/C=N\NC(=O)[C@H]2CC(=O)N(c3ccc(Br)cc3)C2)c(OC)c1. The second-order valence-electron chi connectivity index (χ2n) is 6.22. The summed E-state index contributed by atoms with van der Waals surface area (Å²) in [6.45, 7) is 0.327. The zero-order valence-electron chi connectivity index (χ0n) is 15.5. The van der Waals surface area contributed by atoms with E-state index in [9.17, 15) is 9.59 Å². The smallest absolute Gasteiger partial charge is 0.245 e. The number of hydrogen-bond acceptors (Lipinski definition) is 5. The molecule has 146 valence electrons. The molecule has 0 unspecified atom stereocenters. The molecule has 8 heteroatoms. The van der Waals surface area contributed by atoms with Gasteiger partial charge in [0.05, 0.1) is 26.4 Å². The van der Waals surface area contributed by atoms with Crippen molar-refractivity contribution in [2.24, 2.45) is 11.0 Å². The van der Waals surface area contributed by atoms with E-state index in [1.165, 1.54) is 6.21 Å². The van der Waals surface area contributed by atoms with Gasteiger partial charge in [-0.2, -0.15) is 5.10 Å². The second-order valence-corrected chi connectivity index (χ2v) is 7.14. The molecule has 1 heterocycles. The summed E-state index contributed by atoms with van der Waals surface area (Å²) in [6, 6.07) is 12.7. The lowest BCUT2D eigenvalue weighted by atomic mass is 10.1. The third kappa shape index (κ3) is 4.51. The zero-order valence-corrected chi connectivity index (χ0v) is 17.1. The number of amides is 2. The molecule has 0 spiro atoms. The van der Waals surface area contributed by atoms with Gasteiger partial charge in [-0.3, -0.25) is 9.59 Å². The number of hydrogen-bond donors (Lipinski definition) is 1. The number of hydrazone groups is 1. The van der Waals surface area contributed by atoms with Crippen molar-refractivity contribution in [2.45, 2.75) is 6.42 Å². The average Bonchev–Trinajstić information content (AvgIpc) is 3.10. The summed E-state index contributed by atoms with van der Waals surface area (Å²) in [7, 11) is 3.12. The maximum absolute atomic E-state index is 12.4. The molecule has 2 aromatic rings. The molecular formula is C20H20BrN3O4. The Kier molecular flexibility index (Phi) is 6.30. The first-order chi connectivity index (χ1) is 13.5. The summed E-state index contributed by atoms with van der Waals surface area (Å²) in [5.41, 5.74) is 3.98. The van der Waals surface area contributed by atoms with Gasteiger partial charge in [0, 0.05) is 34.8 Å². The third-order valence-electron chi connectivity index (χ3n) is 4.45. The van der Waals surface area contributed by atoms with Crippen LogP contribution in [0, 0.1) is 5.92 Å². The first kappa shape index (κ1) is 19.9. The van der Waals surface area contributed by atoms with Crippen LogP contribution in [0.3, 0.4) is 0 Å². The van der Waals surface area contributed by atoms with Crippen molar-refractivity contribution in [3.05, 3.63) is 52.5 Å². The minimum atomic E-state index is -0.453. The molecule has 3 rings (SSSR count). The van der Waals surface area contributed by atoms with Crippen LogP contribution in [-0.4, -0.2) is 38.8 Å². The Bertz CT molecular complexity index is 899. The Morgan fingerprint density at radius 1 is 1.21 bits per heavy atom. The molecule has 1 aliphatic rings. The summed E-state index contributed by atoms with van der Waals surface area (Å²) in [5, 5.41) is 4.00. The van der Waals surface area contributed by atoms with Gasteiger partial charge in [0.25, 0.3) is 0 Å². The van der Waals surface area contributed by atoms with Gasteiger partial charge in [-0.1, -0.05) is 15.9 Å². The van der Waals surface area contributed by atoms with Gasteiger partial charge in [-0.05, 0) is 36.4 Å². The lowest BCUT2D eigenvalue weighted by molar-refractivity contribution is -0.126. The highest BCUT2D eigenvalue weighted by Gasteiger charge is 2.35. The van der Waals surface area contributed by atoms with E-state index < -0.39 is 5.92 Å². The largest absolute Gasteiger partial charge is 0.497 e. The molecule has 1 aliphatic heterocycles. The highest BCUT2D eigenvalue weighted by Crippen LogP contribution is 2.26. The Morgan fingerprint density at radius 3 is 2.64 bits per heavy atom. The number of nitrogens with zero attached hydrogens (tertiary/aromatic N) is 2. The predicted octanol–water partition coefficient (Wildman–Crippen LogP) is 2.97. The number of anilines is 1. The number of carbonyl (C=O) groups is 2. The molecule has 28 heavy (non-hydrogen) atoms. The van der Waals surface area contributed by atoms with E-state index >= 15 is 0 Å².